The minimum Gasteiger partial charge on any atom is -0.317 e. The number of hydrogen-bond acceptors (Lipinski definition) is 3. The molecular weight excluding hydrogens is 321 g/mol. The van der Waals surface area contributed by atoms with E-state index >= 15 is 0 Å². The third-order valence-corrected chi connectivity index (χ3v) is 3.29. The summed E-state index contributed by atoms with van der Waals surface area (Å²) in [5, 5.41) is 6.14. The number of carbonyl (C=O) groups excluding carboxylic acids is 2. The molecule has 0 fully saturated rings. The van der Waals surface area contributed by atoms with Crippen molar-refractivity contribution >= 4 is 35.3 Å². The molecule has 0 aliphatic rings. The Hall–Kier alpha value is -2.73. The number of carbonyl (C=O) groups is 2. The van der Waals surface area contributed by atoms with Crippen molar-refractivity contribution in [3.8, 4) is 0 Å². The van der Waals surface area contributed by atoms with Crippen LogP contribution in [-0.2, 0) is 9.59 Å². The molecule has 0 aliphatic carbocycles. The second kappa shape index (κ2) is 7.51. The van der Waals surface area contributed by atoms with Gasteiger partial charge in [-0.1, -0.05) is 35.9 Å². The lowest BCUT2D eigenvalue weighted by atomic mass is 10.2. The Morgan fingerprint density at radius 2 is 1.87 bits per heavy atom. The van der Waals surface area contributed by atoms with Crippen molar-refractivity contribution in [1.29, 1.82) is 0 Å². The van der Waals surface area contributed by atoms with Gasteiger partial charge in [-0.3, -0.25) is 9.59 Å². The number of benzene rings is 2. The van der Waals surface area contributed by atoms with Gasteiger partial charge in [0.25, 0.3) is 0 Å². The zero-order chi connectivity index (χ0) is 16.8. The van der Waals surface area contributed by atoms with E-state index in [0.29, 0.717) is 5.69 Å². The number of anilines is 1. The van der Waals surface area contributed by atoms with Gasteiger partial charge in [0.1, 0.15) is 5.82 Å². The van der Waals surface area contributed by atoms with Crippen molar-refractivity contribution in [2.45, 2.75) is 6.92 Å². The fourth-order valence-electron chi connectivity index (χ4n) is 1.73. The van der Waals surface area contributed by atoms with Gasteiger partial charge in [-0.25, -0.2) is 9.82 Å². The lowest BCUT2D eigenvalue weighted by molar-refractivity contribution is -0.136. The molecule has 118 valence electrons. The van der Waals surface area contributed by atoms with Gasteiger partial charge in [0.2, 0.25) is 0 Å². The largest absolute Gasteiger partial charge is 0.329 e. The third-order valence-electron chi connectivity index (χ3n) is 2.96. The maximum Gasteiger partial charge on any atom is 0.329 e. The predicted molar refractivity (Wildman–Crippen MR) is 87.0 cm³/mol. The summed E-state index contributed by atoms with van der Waals surface area (Å²) in [4.78, 5) is 23.4. The van der Waals surface area contributed by atoms with Crippen molar-refractivity contribution < 1.29 is 14.0 Å². The fraction of sp³-hybridized carbons (Fsp3) is 0.0625. The molecule has 0 aliphatic heterocycles. The first-order valence-electron chi connectivity index (χ1n) is 6.63. The van der Waals surface area contributed by atoms with Gasteiger partial charge in [0.15, 0.2) is 0 Å². The summed E-state index contributed by atoms with van der Waals surface area (Å²) in [5.74, 6) is -2.44. The second-order valence-corrected chi connectivity index (χ2v) is 5.01. The standard InChI is InChI=1S/C16H13ClFN3O2/c1-10-5-2-3-8-14(10)20-15(22)16(23)21-19-9-11-12(17)6-4-7-13(11)18/h2-9H,1H3,(H,20,22)(H,21,23)/b19-9-. The van der Waals surface area contributed by atoms with Crippen LogP contribution in [0.15, 0.2) is 47.6 Å². The molecule has 0 unspecified atom stereocenters. The molecule has 23 heavy (non-hydrogen) atoms. The maximum atomic E-state index is 13.5. The Balaban J connectivity index is 1.98. The lowest BCUT2D eigenvalue weighted by Gasteiger charge is -2.06. The summed E-state index contributed by atoms with van der Waals surface area (Å²) in [5.41, 5.74) is 3.38. The average Bonchev–Trinajstić information content (AvgIpc) is 2.52. The van der Waals surface area contributed by atoms with Crippen molar-refractivity contribution in [2.75, 3.05) is 5.32 Å². The normalized spacial score (nSPS) is 10.6. The van der Waals surface area contributed by atoms with Crippen molar-refractivity contribution in [1.82, 2.24) is 5.43 Å². The van der Waals surface area contributed by atoms with Crippen molar-refractivity contribution in [3.05, 3.63) is 64.4 Å². The van der Waals surface area contributed by atoms with E-state index in [2.05, 4.69) is 10.4 Å². The monoisotopic (exact) mass is 333 g/mol. The minimum absolute atomic E-state index is 0.0220. The molecule has 0 heterocycles. The van der Waals surface area contributed by atoms with Crippen LogP contribution in [0.5, 0.6) is 0 Å². The highest BCUT2D eigenvalue weighted by Gasteiger charge is 2.13. The summed E-state index contributed by atoms with van der Waals surface area (Å²) in [6.45, 7) is 1.80. The number of nitrogens with zero attached hydrogens (tertiary/aromatic N) is 1. The predicted octanol–water partition coefficient (Wildman–Crippen LogP) is 2.88. The van der Waals surface area contributed by atoms with Crippen LogP contribution in [0.3, 0.4) is 0 Å². The molecule has 0 radical (unpaired) electrons. The number of nitrogens with one attached hydrogen (secondary N) is 2. The van der Waals surface area contributed by atoms with E-state index in [1.54, 1.807) is 25.1 Å². The molecule has 0 bridgehead atoms. The highest BCUT2D eigenvalue weighted by Crippen LogP contribution is 2.16. The Morgan fingerprint density at radius 3 is 2.57 bits per heavy atom. The quantitative estimate of drug-likeness (QED) is 0.515. The summed E-state index contributed by atoms with van der Waals surface area (Å²) in [6.07, 6.45) is 1.04. The molecule has 0 saturated heterocycles. The van der Waals surface area contributed by atoms with Gasteiger partial charge >= 0.3 is 11.8 Å². The molecule has 2 aromatic rings. The summed E-state index contributed by atoms with van der Waals surface area (Å²) < 4.78 is 13.5. The van der Waals surface area contributed by atoms with E-state index in [-0.39, 0.29) is 10.6 Å². The molecule has 0 aromatic heterocycles. The number of aryl methyl sites for hydroxylation is 1. The van der Waals surface area contributed by atoms with Gasteiger partial charge in [-0.15, -0.1) is 0 Å². The Labute approximate surface area is 137 Å². The molecule has 7 heteroatoms. The second-order valence-electron chi connectivity index (χ2n) is 4.60. The zero-order valence-electron chi connectivity index (χ0n) is 12.1. The first kappa shape index (κ1) is 16.6. The number of para-hydroxylation sites is 1. The lowest BCUT2D eigenvalue weighted by Crippen LogP contribution is -2.32. The Morgan fingerprint density at radius 1 is 1.13 bits per heavy atom. The van der Waals surface area contributed by atoms with Gasteiger partial charge in [-0.05, 0) is 30.7 Å². The van der Waals surface area contributed by atoms with Crippen LogP contribution in [-0.4, -0.2) is 18.0 Å². The van der Waals surface area contributed by atoms with Crippen LogP contribution < -0.4 is 10.7 Å². The molecule has 2 N–H and O–H groups in total. The highest BCUT2D eigenvalue weighted by atomic mass is 35.5. The van der Waals surface area contributed by atoms with Gasteiger partial charge < -0.3 is 5.32 Å². The van der Waals surface area contributed by atoms with E-state index in [9.17, 15) is 14.0 Å². The number of hydrazone groups is 1. The van der Waals surface area contributed by atoms with Gasteiger partial charge in [0.05, 0.1) is 11.2 Å². The van der Waals surface area contributed by atoms with Crippen molar-refractivity contribution in [3.63, 3.8) is 0 Å². The molecular formula is C16H13ClFN3O2. The molecule has 0 spiro atoms. The Bertz CT molecular complexity index is 757. The van der Waals surface area contributed by atoms with E-state index in [1.165, 1.54) is 18.2 Å². The summed E-state index contributed by atoms with van der Waals surface area (Å²) in [6, 6.07) is 11.2. The van der Waals surface area contributed by atoms with E-state index in [4.69, 9.17) is 11.6 Å². The van der Waals surface area contributed by atoms with E-state index in [0.717, 1.165) is 11.8 Å². The molecule has 5 nitrogen and oxygen atoms in total. The van der Waals surface area contributed by atoms with Crippen LogP contribution >= 0.6 is 11.6 Å². The highest BCUT2D eigenvalue weighted by molar-refractivity contribution is 6.39. The van der Waals surface area contributed by atoms with Gasteiger partial charge in [-0.2, -0.15) is 5.10 Å². The average molecular weight is 334 g/mol. The van der Waals surface area contributed by atoms with Crippen LogP contribution in [0.25, 0.3) is 0 Å². The van der Waals surface area contributed by atoms with Crippen LogP contribution in [0.1, 0.15) is 11.1 Å². The first-order chi connectivity index (χ1) is 11.0. The smallest absolute Gasteiger partial charge is 0.317 e. The fourth-order valence-corrected chi connectivity index (χ4v) is 1.94. The third kappa shape index (κ3) is 4.37. The Kier molecular flexibility index (Phi) is 5.43. The summed E-state index contributed by atoms with van der Waals surface area (Å²) >= 11 is 5.81. The molecule has 0 saturated carbocycles. The van der Waals surface area contributed by atoms with Crippen LogP contribution in [0.4, 0.5) is 10.1 Å². The molecule has 2 amide bonds. The van der Waals surface area contributed by atoms with E-state index in [1.807, 2.05) is 11.5 Å². The zero-order valence-corrected chi connectivity index (χ0v) is 12.9. The SMILES string of the molecule is Cc1ccccc1NC(=O)C(=O)N/N=C\c1c(F)cccc1Cl. The number of halogens is 2. The van der Waals surface area contributed by atoms with Crippen LogP contribution in [0.2, 0.25) is 5.02 Å². The molecule has 2 aromatic carbocycles. The topological polar surface area (TPSA) is 70.6 Å². The molecule has 2 rings (SSSR count). The number of hydrogen-bond donors (Lipinski definition) is 2. The van der Waals surface area contributed by atoms with Gasteiger partial charge in [0, 0.05) is 11.3 Å². The van der Waals surface area contributed by atoms with Crippen LogP contribution in [0, 0.1) is 12.7 Å². The minimum atomic E-state index is -0.975. The number of rotatable bonds is 3. The van der Waals surface area contributed by atoms with Crippen molar-refractivity contribution in [2.24, 2.45) is 5.10 Å². The van der Waals surface area contributed by atoms with E-state index < -0.39 is 17.6 Å². The summed E-state index contributed by atoms with van der Waals surface area (Å²) in [7, 11) is 0. The number of amides is 2. The first-order valence-corrected chi connectivity index (χ1v) is 7.01. The maximum absolute atomic E-state index is 13.5. The molecule has 0 atom stereocenters.